The Bertz CT molecular complexity index is 555. The summed E-state index contributed by atoms with van der Waals surface area (Å²) in [7, 11) is -5.02. The maximum absolute atomic E-state index is 13.6. The average molecular weight is 308 g/mol. The Balaban J connectivity index is 2.90. The van der Waals surface area contributed by atoms with Crippen LogP contribution in [0.15, 0.2) is 23.1 Å². The molecule has 0 amide bonds. The summed E-state index contributed by atoms with van der Waals surface area (Å²) in [4.78, 5) is -0.542. The Morgan fingerprint density at radius 2 is 2.11 bits per heavy atom. The van der Waals surface area contributed by atoms with Gasteiger partial charge in [0.2, 0.25) is 10.0 Å². The standard InChI is InChI=1S/C11H17FN2O3S2/c1-8(6-7-18(2)15)14-19(16,17)11-9(12)4-3-5-10(11)13/h3-5,8,14H,6-7,13H2,1-2H3. The normalized spacial score (nSPS) is 15.1. The Morgan fingerprint density at radius 3 is 2.63 bits per heavy atom. The molecule has 1 aromatic rings. The molecule has 0 radical (unpaired) electrons. The molecule has 1 aromatic carbocycles. The maximum atomic E-state index is 13.6. The van der Waals surface area contributed by atoms with Gasteiger partial charge in [0.1, 0.15) is 10.7 Å². The minimum Gasteiger partial charge on any atom is -0.398 e. The third-order valence-electron chi connectivity index (χ3n) is 2.46. The fourth-order valence-corrected chi connectivity index (χ4v) is 3.69. The quantitative estimate of drug-likeness (QED) is 0.762. The minimum atomic E-state index is -4.02. The molecule has 0 bridgehead atoms. The number of anilines is 1. The molecular weight excluding hydrogens is 291 g/mol. The summed E-state index contributed by atoms with van der Waals surface area (Å²) in [6, 6.07) is 3.25. The number of hydrogen-bond acceptors (Lipinski definition) is 4. The van der Waals surface area contributed by atoms with Gasteiger partial charge in [-0.05, 0) is 25.5 Å². The molecular formula is C11H17FN2O3S2. The first kappa shape index (κ1) is 16.1. The van der Waals surface area contributed by atoms with Crippen molar-refractivity contribution in [1.82, 2.24) is 4.72 Å². The van der Waals surface area contributed by atoms with Gasteiger partial charge in [0.25, 0.3) is 0 Å². The second-order valence-corrected chi connectivity index (χ2v) is 7.45. The van der Waals surface area contributed by atoms with Gasteiger partial charge in [-0.1, -0.05) is 6.07 Å². The smallest absolute Gasteiger partial charge is 0.245 e. The van der Waals surface area contributed by atoms with E-state index in [-0.39, 0.29) is 5.69 Å². The fourth-order valence-electron chi connectivity index (χ4n) is 1.53. The molecule has 0 fully saturated rings. The van der Waals surface area contributed by atoms with Crippen molar-refractivity contribution in [3.05, 3.63) is 24.0 Å². The number of hydrogen-bond donors (Lipinski definition) is 2. The van der Waals surface area contributed by atoms with Gasteiger partial charge >= 0.3 is 0 Å². The number of nitrogens with one attached hydrogen (secondary N) is 1. The van der Waals surface area contributed by atoms with Crippen molar-refractivity contribution < 1.29 is 17.0 Å². The lowest BCUT2D eigenvalue weighted by Gasteiger charge is -2.15. The molecule has 0 aliphatic carbocycles. The van der Waals surface area contributed by atoms with Gasteiger partial charge in [0.15, 0.2) is 0 Å². The molecule has 0 aliphatic heterocycles. The van der Waals surface area contributed by atoms with Gasteiger partial charge in [-0.25, -0.2) is 17.5 Å². The molecule has 0 aliphatic rings. The molecule has 108 valence electrons. The Hall–Kier alpha value is -0.990. The SMILES string of the molecule is CC(CCS(C)=O)NS(=O)(=O)c1c(N)cccc1F. The Morgan fingerprint density at radius 1 is 1.47 bits per heavy atom. The zero-order valence-electron chi connectivity index (χ0n) is 10.7. The summed E-state index contributed by atoms with van der Waals surface area (Å²) in [5.41, 5.74) is 5.36. The van der Waals surface area contributed by atoms with E-state index in [2.05, 4.69) is 4.72 Å². The molecule has 3 N–H and O–H groups in total. The van der Waals surface area contributed by atoms with Gasteiger partial charge in [-0.2, -0.15) is 0 Å². The fraction of sp³-hybridized carbons (Fsp3) is 0.455. The van der Waals surface area contributed by atoms with Crippen molar-refractivity contribution in [2.45, 2.75) is 24.3 Å². The summed E-state index contributed by atoms with van der Waals surface area (Å²) >= 11 is 0. The van der Waals surface area contributed by atoms with Crippen LogP contribution in [0.1, 0.15) is 13.3 Å². The van der Waals surface area contributed by atoms with Gasteiger partial charge in [0.05, 0.1) is 5.69 Å². The van der Waals surface area contributed by atoms with Crippen molar-refractivity contribution >= 4 is 26.5 Å². The second kappa shape index (κ2) is 6.44. The Labute approximate surface area is 114 Å². The largest absolute Gasteiger partial charge is 0.398 e. The molecule has 0 heterocycles. The predicted octanol–water partition coefficient (Wildman–Crippen LogP) is 0.843. The summed E-state index contributed by atoms with van der Waals surface area (Å²) < 4.78 is 50.9. The van der Waals surface area contributed by atoms with Gasteiger partial charge in [-0.15, -0.1) is 0 Å². The number of nitrogens with two attached hydrogens (primary N) is 1. The first-order chi connectivity index (χ1) is 8.74. The maximum Gasteiger partial charge on any atom is 0.245 e. The molecule has 2 atom stereocenters. The highest BCUT2D eigenvalue weighted by atomic mass is 32.2. The van der Waals surface area contributed by atoms with E-state index in [4.69, 9.17) is 5.73 Å². The van der Waals surface area contributed by atoms with Crippen LogP contribution in [0.5, 0.6) is 0 Å². The summed E-state index contributed by atoms with van der Waals surface area (Å²) in [5.74, 6) is -0.519. The van der Waals surface area contributed by atoms with Crippen LogP contribution in [0.2, 0.25) is 0 Å². The molecule has 5 nitrogen and oxygen atoms in total. The van der Waals surface area contributed by atoms with Crippen molar-refractivity contribution in [1.29, 1.82) is 0 Å². The van der Waals surface area contributed by atoms with Crippen molar-refractivity contribution in [2.75, 3.05) is 17.7 Å². The third-order valence-corrected chi connectivity index (χ3v) is 4.95. The van der Waals surface area contributed by atoms with Crippen LogP contribution in [0, 0.1) is 5.82 Å². The third kappa shape index (κ3) is 4.55. The molecule has 19 heavy (non-hydrogen) atoms. The zero-order valence-corrected chi connectivity index (χ0v) is 12.4. The van der Waals surface area contributed by atoms with E-state index in [1.165, 1.54) is 18.4 Å². The first-order valence-corrected chi connectivity index (χ1v) is 8.81. The van der Waals surface area contributed by atoms with E-state index >= 15 is 0 Å². The van der Waals surface area contributed by atoms with Crippen LogP contribution in [0.25, 0.3) is 0 Å². The lowest BCUT2D eigenvalue weighted by atomic mass is 10.3. The second-order valence-electron chi connectivity index (χ2n) is 4.25. The van der Waals surface area contributed by atoms with Gasteiger partial charge in [0, 0.05) is 28.9 Å². The van der Waals surface area contributed by atoms with Crippen LogP contribution in [-0.2, 0) is 20.8 Å². The van der Waals surface area contributed by atoms with E-state index < -0.39 is 37.6 Å². The van der Waals surface area contributed by atoms with Crippen LogP contribution >= 0.6 is 0 Å². The number of benzene rings is 1. The van der Waals surface area contributed by atoms with Crippen molar-refractivity contribution in [3.8, 4) is 0 Å². The lowest BCUT2D eigenvalue weighted by molar-refractivity contribution is 0.540. The van der Waals surface area contributed by atoms with Crippen LogP contribution in [0.4, 0.5) is 10.1 Å². The lowest BCUT2D eigenvalue weighted by Crippen LogP contribution is -2.34. The molecule has 1 rings (SSSR count). The van der Waals surface area contributed by atoms with Crippen molar-refractivity contribution in [3.63, 3.8) is 0 Å². The Kier molecular flexibility index (Phi) is 5.45. The molecule has 8 heteroatoms. The predicted molar refractivity (Wildman–Crippen MR) is 74.1 cm³/mol. The number of nitrogen functional groups attached to an aromatic ring is 1. The van der Waals surface area contributed by atoms with Crippen LogP contribution in [-0.4, -0.2) is 30.7 Å². The number of rotatable bonds is 6. The van der Waals surface area contributed by atoms with E-state index in [0.29, 0.717) is 12.2 Å². The monoisotopic (exact) mass is 308 g/mol. The molecule has 0 saturated heterocycles. The zero-order chi connectivity index (χ0) is 14.6. The van der Waals surface area contributed by atoms with Crippen LogP contribution in [0.3, 0.4) is 0 Å². The van der Waals surface area contributed by atoms with E-state index in [0.717, 1.165) is 6.07 Å². The highest BCUT2D eigenvalue weighted by Crippen LogP contribution is 2.21. The van der Waals surface area contributed by atoms with Crippen LogP contribution < -0.4 is 10.5 Å². The summed E-state index contributed by atoms with van der Waals surface area (Å²) in [6.45, 7) is 1.63. The molecule has 0 aromatic heterocycles. The van der Waals surface area contributed by atoms with Gasteiger partial charge < -0.3 is 5.73 Å². The minimum absolute atomic E-state index is 0.140. The topological polar surface area (TPSA) is 89.3 Å². The molecule has 0 saturated carbocycles. The van der Waals surface area contributed by atoms with E-state index in [9.17, 15) is 17.0 Å². The summed E-state index contributed by atoms with van der Waals surface area (Å²) in [6.07, 6.45) is 1.94. The number of halogens is 1. The highest BCUT2D eigenvalue weighted by Gasteiger charge is 2.23. The highest BCUT2D eigenvalue weighted by molar-refractivity contribution is 7.89. The van der Waals surface area contributed by atoms with E-state index in [1.807, 2.05) is 0 Å². The molecule has 0 spiro atoms. The number of sulfonamides is 1. The average Bonchev–Trinajstić information content (AvgIpc) is 2.25. The van der Waals surface area contributed by atoms with E-state index in [1.54, 1.807) is 6.92 Å². The summed E-state index contributed by atoms with van der Waals surface area (Å²) in [5, 5.41) is 0. The molecule has 2 unspecified atom stereocenters. The van der Waals surface area contributed by atoms with Crippen molar-refractivity contribution in [2.24, 2.45) is 0 Å². The van der Waals surface area contributed by atoms with Gasteiger partial charge in [-0.3, -0.25) is 4.21 Å². The first-order valence-electron chi connectivity index (χ1n) is 5.60.